The molecule has 1 saturated carbocycles. The lowest BCUT2D eigenvalue weighted by atomic mass is 9.66. The van der Waals surface area contributed by atoms with Crippen LogP contribution in [-0.2, 0) is 5.41 Å². The van der Waals surface area contributed by atoms with Crippen LogP contribution in [0.4, 0.5) is 5.82 Å². The Morgan fingerprint density at radius 3 is 2.65 bits per heavy atom. The second-order valence-corrected chi connectivity index (χ2v) is 7.43. The van der Waals surface area contributed by atoms with Crippen LogP contribution in [0.15, 0.2) is 42.7 Å². The summed E-state index contributed by atoms with van der Waals surface area (Å²) in [5.41, 5.74) is 7.08. The summed E-state index contributed by atoms with van der Waals surface area (Å²) >= 11 is 1.21. The zero-order chi connectivity index (χ0) is 18.0. The minimum atomic E-state index is -0.486. The number of carbonyl (C=O) groups excluding carboxylic acids is 1. The van der Waals surface area contributed by atoms with Crippen molar-refractivity contribution >= 4 is 23.1 Å². The van der Waals surface area contributed by atoms with Crippen LogP contribution in [0.5, 0.6) is 0 Å². The smallest absolute Gasteiger partial charge is 0.260 e. The van der Waals surface area contributed by atoms with Crippen molar-refractivity contribution in [2.75, 3.05) is 11.9 Å². The van der Waals surface area contributed by atoms with Gasteiger partial charge in [0.25, 0.3) is 5.91 Å². The van der Waals surface area contributed by atoms with E-state index >= 15 is 0 Å². The monoisotopic (exact) mass is 366 g/mol. The van der Waals surface area contributed by atoms with Crippen molar-refractivity contribution in [1.29, 1.82) is 0 Å². The van der Waals surface area contributed by atoms with Gasteiger partial charge in [-0.3, -0.25) is 9.78 Å². The van der Waals surface area contributed by atoms with Gasteiger partial charge in [-0.15, -0.1) is 21.5 Å². The molecule has 0 saturated heterocycles. The average Bonchev–Trinajstić information content (AvgIpc) is 3.13. The zero-order valence-electron chi connectivity index (χ0n) is 14.1. The molecule has 26 heavy (non-hydrogen) atoms. The van der Waals surface area contributed by atoms with Gasteiger partial charge in [0.05, 0.1) is 6.20 Å². The molecular formula is C18H18N6OS. The van der Waals surface area contributed by atoms with Gasteiger partial charge in [-0.2, -0.15) is 0 Å². The summed E-state index contributed by atoms with van der Waals surface area (Å²) in [6, 6.07) is 9.78. The van der Waals surface area contributed by atoms with Crippen LogP contribution in [0.1, 0.15) is 34.6 Å². The Hall–Kier alpha value is -2.87. The van der Waals surface area contributed by atoms with Crippen LogP contribution in [0.25, 0.3) is 10.7 Å². The van der Waals surface area contributed by atoms with Crippen LogP contribution in [0, 0.1) is 0 Å². The fourth-order valence-electron chi connectivity index (χ4n) is 3.11. The molecule has 0 aliphatic heterocycles. The van der Waals surface area contributed by atoms with Gasteiger partial charge in [0, 0.05) is 23.9 Å². The Balaban J connectivity index is 1.45. The summed E-state index contributed by atoms with van der Waals surface area (Å²) in [5, 5.41) is 12.4. The fraction of sp³-hybridized carbons (Fsp3) is 0.278. The summed E-state index contributed by atoms with van der Waals surface area (Å²) < 4.78 is 0. The van der Waals surface area contributed by atoms with Gasteiger partial charge in [0.15, 0.2) is 0 Å². The van der Waals surface area contributed by atoms with E-state index in [9.17, 15) is 4.79 Å². The Morgan fingerprint density at radius 2 is 2.08 bits per heavy atom. The Labute approximate surface area is 154 Å². The maximum absolute atomic E-state index is 11.2. The van der Waals surface area contributed by atoms with Crippen LogP contribution < -0.4 is 11.1 Å². The number of nitrogens with two attached hydrogens (primary N) is 1. The van der Waals surface area contributed by atoms with Gasteiger partial charge < -0.3 is 11.1 Å². The third-order valence-corrected chi connectivity index (χ3v) is 5.79. The molecule has 132 valence electrons. The minimum absolute atomic E-state index is 0.0767. The lowest BCUT2D eigenvalue weighted by Crippen LogP contribution is -2.41. The number of aromatic nitrogens is 4. The molecule has 0 spiro atoms. The number of carbonyl (C=O) groups is 1. The summed E-state index contributed by atoms with van der Waals surface area (Å²) in [4.78, 5) is 20.3. The highest BCUT2D eigenvalue weighted by Gasteiger charge is 2.39. The number of anilines is 1. The van der Waals surface area contributed by atoms with E-state index in [4.69, 9.17) is 5.73 Å². The Bertz CT molecular complexity index is 905. The number of primary amides is 1. The molecule has 7 nitrogen and oxygen atoms in total. The molecule has 1 aliphatic rings. The molecule has 1 amide bonds. The van der Waals surface area contributed by atoms with E-state index in [1.54, 1.807) is 0 Å². The van der Waals surface area contributed by atoms with E-state index in [0.717, 1.165) is 25.1 Å². The summed E-state index contributed by atoms with van der Waals surface area (Å²) in [5.74, 6) is 0.225. The van der Waals surface area contributed by atoms with Crippen molar-refractivity contribution in [1.82, 2.24) is 20.2 Å². The highest BCUT2D eigenvalue weighted by molar-refractivity contribution is 7.16. The molecule has 3 aromatic rings. The fourth-order valence-corrected chi connectivity index (χ4v) is 3.84. The SMILES string of the molecule is NC(=O)c1cnc(-c2ccc(NCC3(c4ccccn4)CCC3)nn2)s1. The van der Waals surface area contributed by atoms with Crippen LogP contribution in [0.2, 0.25) is 0 Å². The standard InChI is InChI=1S/C18H18N6OS/c19-16(25)13-10-21-17(26-13)12-5-6-15(24-23-12)22-11-18(7-3-8-18)14-4-1-2-9-20-14/h1-2,4-6,9-10H,3,7-8,11H2,(H2,19,25)(H,22,24). The molecule has 0 radical (unpaired) electrons. The molecule has 1 fully saturated rings. The van der Waals surface area contributed by atoms with Crippen LogP contribution in [-0.4, -0.2) is 32.6 Å². The Morgan fingerprint density at radius 1 is 1.19 bits per heavy atom. The van der Waals surface area contributed by atoms with E-state index in [0.29, 0.717) is 21.4 Å². The molecule has 8 heteroatoms. The number of thiazole rings is 1. The van der Waals surface area contributed by atoms with Crippen LogP contribution >= 0.6 is 11.3 Å². The van der Waals surface area contributed by atoms with E-state index in [1.807, 2.05) is 30.5 Å². The molecular weight excluding hydrogens is 348 g/mol. The number of nitrogens with one attached hydrogen (secondary N) is 1. The molecule has 0 atom stereocenters. The number of amides is 1. The van der Waals surface area contributed by atoms with Gasteiger partial charge in [0.1, 0.15) is 21.4 Å². The molecule has 3 aromatic heterocycles. The predicted octanol–water partition coefficient (Wildman–Crippen LogP) is 2.63. The van der Waals surface area contributed by atoms with E-state index in [2.05, 4.69) is 31.5 Å². The first kappa shape index (κ1) is 16.6. The lowest BCUT2D eigenvalue weighted by molar-refractivity contribution is 0.100. The first-order valence-electron chi connectivity index (χ1n) is 8.41. The number of pyridine rings is 1. The summed E-state index contributed by atoms with van der Waals surface area (Å²) in [7, 11) is 0. The second kappa shape index (κ2) is 6.80. The molecule has 0 bridgehead atoms. The number of hydrogen-bond acceptors (Lipinski definition) is 7. The zero-order valence-corrected chi connectivity index (χ0v) is 14.9. The molecule has 3 heterocycles. The maximum Gasteiger partial charge on any atom is 0.260 e. The lowest BCUT2D eigenvalue weighted by Gasteiger charge is -2.41. The van der Waals surface area contributed by atoms with Gasteiger partial charge in [0.2, 0.25) is 0 Å². The van der Waals surface area contributed by atoms with Crippen molar-refractivity contribution < 1.29 is 4.79 Å². The molecule has 1 aliphatic carbocycles. The highest BCUT2D eigenvalue weighted by Crippen LogP contribution is 2.42. The second-order valence-electron chi connectivity index (χ2n) is 6.40. The predicted molar refractivity (Wildman–Crippen MR) is 99.9 cm³/mol. The van der Waals surface area contributed by atoms with Crippen LogP contribution in [0.3, 0.4) is 0 Å². The van der Waals surface area contributed by atoms with Gasteiger partial charge in [-0.25, -0.2) is 4.98 Å². The van der Waals surface area contributed by atoms with E-state index in [1.165, 1.54) is 24.0 Å². The van der Waals surface area contributed by atoms with Gasteiger partial charge in [-0.05, 0) is 37.1 Å². The minimum Gasteiger partial charge on any atom is -0.368 e. The third kappa shape index (κ3) is 3.15. The average molecular weight is 366 g/mol. The summed E-state index contributed by atoms with van der Waals surface area (Å²) in [6.07, 6.45) is 6.77. The first-order valence-corrected chi connectivity index (χ1v) is 9.23. The first-order chi connectivity index (χ1) is 12.7. The van der Waals surface area contributed by atoms with E-state index < -0.39 is 5.91 Å². The third-order valence-electron chi connectivity index (χ3n) is 4.76. The van der Waals surface area contributed by atoms with Crippen molar-refractivity contribution in [2.24, 2.45) is 5.73 Å². The number of hydrogen-bond donors (Lipinski definition) is 2. The van der Waals surface area contributed by atoms with Crippen molar-refractivity contribution in [3.05, 3.63) is 53.3 Å². The van der Waals surface area contributed by atoms with Crippen molar-refractivity contribution in [3.63, 3.8) is 0 Å². The topological polar surface area (TPSA) is 107 Å². The van der Waals surface area contributed by atoms with E-state index in [-0.39, 0.29) is 5.41 Å². The molecule has 4 rings (SSSR count). The number of nitrogens with zero attached hydrogens (tertiary/aromatic N) is 4. The molecule has 0 unspecified atom stereocenters. The maximum atomic E-state index is 11.2. The highest BCUT2D eigenvalue weighted by atomic mass is 32.1. The normalized spacial score (nSPS) is 15.2. The molecule has 3 N–H and O–H groups in total. The quantitative estimate of drug-likeness (QED) is 0.694. The van der Waals surface area contributed by atoms with Gasteiger partial charge >= 0.3 is 0 Å². The summed E-state index contributed by atoms with van der Waals surface area (Å²) in [6.45, 7) is 0.779. The van der Waals surface area contributed by atoms with Gasteiger partial charge in [-0.1, -0.05) is 12.5 Å². The van der Waals surface area contributed by atoms with Crippen molar-refractivity contribution in [3.8, 4) is 10.7 Å². The Kier molecular flexibility index (Phi) is 4.34. The van der Waals surface area contributed by atoms with Crippen molar-refractivity contribution in [2.45, 2.75) is 24.7 Å². The number of rotatable bonds is 6. The largest absolute Gasteiger partial charge is 0.368 e. The molecule has 0 aromatic carbocycles.